The van der Waals surface area contributed by atoms with Crippen molar-refractivity contribution < 1.29 is 9.53 Å². The molecule has 13 heavy (non-hydrogen) atoms. The molecule has 0 fully saturated rings. The lowest BCUT2D eigenvalue weighted by atomic mass is 9.92. The van der Waals surface area contributed by atoms with Crippen molar-refractivity contribution in [3.8, 4) is 6.07 Å². The molecule has 2 N–H and O–H groups in total. The van der Waals surface area contributed by atoms with Crippen molar-refractivity contribution in [2.24, 2.45) is 17.6 Å². The number of carbonyl (C=O) groups is 1. The van der Waals surface area contributed by atoms with Crippen LogP contribution in [0.25, 0.3) is 0 Å². The maximum atomic E-state index is 11.2. The fraction of sp³-hybridized carbons (Fsp3) is 0.778. The van der Waals surface area contributed by atoms with Crippen LogP contribution in [0.15, 0.2) is 0 Å². The first-order valence-corrected chi connectivity index (χ1v) is 4.36. The summed E-state index contributed by atoms with van der Waals surface area (Å²) in [4.78, 5) is 11.2. The third kappa shape index (κ3) is 3.43. The molecular formula is C9H16N2O2. The van der Waals surface area contributed by atoms with Crippen LogP contribution in [0.1, 0.15) is 20.8 Å². The molecule has 0 aliphatic heterocycles. The SMILES string of the molecule is CCOC(=O)[C@H](C#N)[C@H](N)C(C)C. The molecule has 74 valence electrons. The predicted octanol–water partition coefficient (Wildman–Crippen LogP) is 0.673. The third-order valence-corrected chi connectivity index (χ3v) is 1.83. The summed E-state index contributed by atoms with van der Waals surface area (Å²) >= 11 is 0. The highest BCUT2D eigenvalue weighted by Crippen LogP contribution is 2.11. The number of ether oxygens (including phenoxy) is 1. The van der Waals surface area contributed by atoms with Crippen molar-refractivity contribution in [3.63, 3.8) is 0 Å². The minimum Gasteiger partial charge on any atom is -0.465 e. The first kappa shape index (κ1) is 11.9. The number of esters is 1. The molecule has 0 radical (unpaired) electrons. The van der Waals surface area contributed by atoms with E-state index in [1.807, 2.05) is 19.9 Å². The van der Waals surface area contributed by atoms with Gasteiger partial charge < -0.3 is 10.5 Å². The molecule has 0 amide bonds. The van der Waals surface area contributed by atoms with Gasteiger partial charge in [0.25, 0.3) is 0 Å². The molecular weight excluding hydrogens is 168 g/mol. The number of nitrogens with zero attached hydrogens (tertiary/aromatic N) is 1. The quantitative estimate of drug-likeness (QED) is 0.651. The Morgan fingerprint density at radius 3 is 2.46 bits per heavy atom. The van der Waals surface area contributed by atoms with Crippen LogP contribution in [0.5, 0.6) is 0 Å². The molecule has 0 rings (SSSR count). The summed E-state index contributed by atoms with van der Waals surface area (Å²) in [6, 6.07) is 1.41. The zero-order valence-electron chi connectivity index (χ0n) is 8.28. The van der Waals surface area contributed by atoms with Gasteiger partial charge in [-0.15, -0.1) is 0 Å². The van der Waals surface area contributed by atoms with Gasteiger partial charge in [-0.3, -0.25) is 4.79 Å². The third-order valence-electron chi connectivity index (χ3n) is 1.83. The second kappa shape index (κ2) is 5.55. The Morgan fingerprint density at radius 2 is 2.15 bits per heavy atom. The topological polar surface area (TPSA) is 76.1 Å². The van der Waals surface area contributed by atoms with Crippen molar-refractivity contribution in [1.29, 1.82) is 5.26 Å². The Balaban J connectivity index is 4.35. The average Bonchev–Trinajstić information content (AvgIpc) is 2.05. The van der Waals surface area contributed by atoms with Gasteiger partial charge in [0.05, 0.1) is 12.7 Å². The Kier molecular flexibility index (Phi) is 5.09. The smallest absolute Gasteiger partial charge is 0.324 e. The van der Waals surface area contributed by atoms with Crippen LogP contribution >= 0.6 is 0 Å². The summed E-state index contributed by atoms with van der Waals surface area (Å²) in [6.45, 7) is 5.72. The molecule has 0 aromatic carbocycles. The molecule has 0 aromatic rings. The standard InChI is InChI=1S/C9H16N2O2/c1-4-13-9(12)7(5-10)8(11)6(2)3/h6-8H,4,11H2,1-3H3/t7-,8-/m1/s1. The van der Waals surface area contributed by atoms with Crippen molar-refractivity contribution in [3.05, 3.63) is 0 Å². The molecule has 0 aliphatic rings. The number of hydrogen-bond acceptors (Lipinski definition) is 4. The normalized spacial score (nSPS) is 14.8. The van der Waals surface area contributed by atoms with E-state index < -0.39 is 17.9 Å². The highest BCUT2D eigenvalue weighted by Gasteiger charge is 2.28. The number of hydrogen-bond donors (Lipinski definition) is 1. The Morgan fingerprint density at radius 1 is 1.62 bits per heavy atom. The zero-order chi connectivity index (χ0) is 10.4. The van der Waals surface area contributed by atoms with Gasteiger partial charge in [0.15, 0.2) is 5.92 Å². The molecule has 0 aliphatic carbocycles. The zero-order valence-corrected chi connectivity index (χ0v) is 8.28. The molecule has 0 heterocycles. The summed E-state index contributed by atoms with van der Waals surface area (Å²) in [7, 11) is 0. The highest BCUT2D eigenvalue weighted by atomic mass is 16.5. The lowest BCUT2D eigenvalue weighted by Gasteiger charge is -2.19. The maximum Gasteiger partial charge on any atom is 0.324 e. The van der Waals surface area contributed by atoms with Crippen molar-refractivity contribution in [1.82, 2.24) is 0 Å². The predicted molar refractivity (Wildman–Crippen MR) is 48.5 cm³/mol. The molecule has 0 unspecified atom stereocenters. The largest absolute Gasteiger partial charge is 0.465 e. The van der Waals surface area contributed by atoms with Gasteiger partial charge in [0, 0.05) is 6.04 Å². The summed E-state index contributed by atoms with van der Waals surface area (Å²) in [5.41, 5.74) is 5.68. The van der Waals surface area contributed by atoms with Crippen LogP contribution in [0.3, 0.4) is 0 Å². The molecule has 4 heteroatoms. The Labute approximate surface area is 78.7 Å². The molecule has 0 saturated heterocycles. The van der Waals surface area contributed by atoms with Crippen LogP contribution < -0.4 is 5.73 Å². The van der Waals surface area contributed by atoms with E-state index in [9.17, 15) is 4.79 Å². The van der Waals surface area contributed by atoms with E-state index in [0.29, 0.717) is 0 Å². The minimum atomic E-state index is -0.847. The first-order valence-electron chi connectivity index (χ1n) is 4.36. The number of nitriles is 1. The van der Waals surface area contributed by atoms with Crippen LogP contribution in [0.4, 0.5) is 0 Å². The lowest BCUT2D eigenvalue weighted by Crippen LogP contribution is -2.39. The summed E-state index contributed by atoms with van der Waals surface area (Å²) in [6.07, 6.45) is 0. The fourth-order valence-corrected chi connectivity index (χ4v) is 0.913. The van der Waals surface area contributed by atoms with Crippen molar-refractivity contribution in [2.45, 2.75) is 26.8 Å². The van der Waals surface area contributed by atoms with Gasteiger partial charge in [-0.25, -0.2) is 0 Å². The second-order valence-electron chi connectivity index (χ2n) is 3.18. The molecule has 0 spiro atoms. The van der Waals surface area contributed by atoms with E-state index in [-0.39, 0.29) is 12.5 Å². The van der Waals surface area contributed by atoms with Gasteiger partial charge in [0.2, 0.25) is 0 Å². The van der Waals surface area contributed by atoms with Crippen LogP contribution in [-0.2, 0) is 9.53 Å². The molecule has 0 aromatic heterocycles. The van der Waals surface area contributed by atoms with Crippen LogP contribution in [0.2, 0.25) is 0 Å². The highest BCUT2D eigenvalue weighted by molar-refractivity contribution is 5.76. The summed E-state index contributed by atoms with van der Waals surface area (Å²) in [5, 5.41) is 8.71. The number of rotatable bonds is 4. The first-order chi connectivity index (χ1) is 6.04. The van der Waals surface area contributed by atoms with Gasteiger partial charge in [-0.1, -0.05) is 13.8 Å². The van der Waals surface area contributed by atoms with Gasteiger partial charge in [-0.2, -0.15) is 5.26 Å². The van der Waals surface area contributed by atoms with E-state index in [2.05, 4.69) is 0 Å². The van der Waals surface area contributed by atoms with Gasteiger partial charge >= 0.3 is 5.97 Å². The Hall–Kier alpha value is -1.08. The summed E-state index contributed by atoms with van der Waals surface area (Å²) < 4.78 is 4.72. The lowest BCUT2D eigenvalue weighted by molar-refractivity contribution is -0.146. The van der Waals surface area contributed by atoms with Crippen molar-refractivity contribution >= 4 is 5.97 Å². The van der Waals surface area contributed by atoms with E-state index in [1.165, 1.54) is 0 Å². The second-order valence-corrected chi connectivity index (χ2v) is 3.18. The minimum absolute atomic E-state index is 0.0917. The molecule has 4 nitrogen and oxygen atoms in total. The van der Waals surface area contributed by atoms with Gasteiger partial charge in [-0.05, 0) is 12.8 Å². The molecule has 0 bridgehead atoms. The number of nitrogens with two attached hydrogens (primary N) is 1. The fourth-order valence-electron chi connectivity index (χ4n) is 0.913. The van der Waals surface area contributed by atoms with E-state index >= 15 is 0 Å². The van der Waals surface area contributed by atoms with E-state index in [0.717, 1.165) is 0 Å². The van der Waals surface area contributed by atoms with Crippen LogP contribution in [-0.4, -0.2) is 18.6 Å². The summed E-state index contributed by atoms with van der Waals surface area (Å²) in [5.74, 6) is -1.28. The van der Waals surface area contributed by atoms with E-state index in [1.54, 1.807) is 6.92 Å². The number of carbonyl (C=O) groups excluding carboxylic acids is 1. The Bertz CT molecular complexity index is 208. The van der Waals surface area contributed by atoms with Crippen LogP contribution in [0, 0.1) is 23.2 Å². The maximum absolute atomic E-state index is 11.2. The van der Waals surface area contributed by atoms with Gasteiger partial charge in [0.1, 0.15) is 0 Å². The average molecular weight is 184 g/mol. The molecule has 2 atom stereocenters. The van der Waals surface area contributed by atoms with Crippen molar-refractivity contribution in [2.75, 3.05) is 6.61 Å². The monoisotopic (exact) mass is 184 g/mol. The van der Waals surface area contributed by atoms with E-state index in [4.69, 9.17) is 15.7 Å². The molecule has 0 saturated carbocycles.